The molecule has 0 spiro atoms. The molecule has 5 rings (SSSR count). The standard InChI is InChI=1S/C26H26N4O4S2/c1-3-4-5-10-27-22-18(24(31)29-11-6-7-16(2)23(29)28-22)13-21-25(32)30(26(35)36-21)14-17-8-9-19-20(12-17)34-15-33-19/h6-9,11-13,27H,3-5,10,14-15H2,1-2H3/b21-13+. The molecule has 2 aliphatic heterocycles. The average molecular weight is 523 g/mol. The third kappa shape index (κ3) is 4.70. The van der Waals surface area contributed by atoms with Gasteiger partial charge in [-0.2, -0.15) is 0 Å². The summed E-state index contributed by atoms with van der Waals surface area (Å²) in [6.07, 6.45) is 6.44. The van der Waals surface area contributed by atoms with Gasteiger partial charge in [0.1, 0.15) is 15.8 Å². The summed E-state index contributed by atoms with van der Waals surface area (Å²) in [7, 11) is 0. The lowest BCUT2D eigenvalue weighted by atomic mass is 10.2. The highest BCUT2D eigenvalue weighted by Gasteiger charge is 2.33. The van der Waals surface area contributed by atoms with E-state index in [1.54, 1.807) is 12.3 Å². The fraction of sp³-hybridized carbons (Fsp3) is 0.308. The summed E-state index contributed by atoms with van der Waals surface area (Å²) in [5.41, 5.74) is 2.47. The summed E-state index contributed by atoms with van der Waals surface area (Å²) in [6.45, 7) is 5.24. The number of amides is 1. The summed E-state index contributed by atoms with van der Waals surface area (Å²) in [4.78, 5) is 33.5. The Kier molecular flexibility index (Phi) is 6.97. The van der Waals surface area contributed by atoms with E-state index in [1.165, 1.54) is 21.1 Å². The van der Waals surface area contributed by atoms with E-state index >= 15 is 0 Å². The highest BCUT2D eigenvalue weighted by atomic mass is 32.2. The number of hydrogen-bond donors (Lipinski definition) is 1. The van der Waals surface area contributed by atoms with E-state index in [2.05, 4.69) is 12.2 Å². The second-order valence-corrected chi connectivity index (χ2v) is 10.3. The van der Waals surface area contributed by atoms with Crippen molar-refractivity contribution < 1.29 is 14.3 Å². The second-order valence-electron chi connectivity index (χ2n) is 8.65. The molecule has 1 aromatic carbocycles. The largest absolute Gasteiger partial charge is 0.454 e. The first-order valence-electron chi connectivity index (χ1n) is 11.9. The van der Waals surface area contributed by atoms with Gasteiger partial charge < -0.3 is 14.8 Å². The minimum atomic E-state index is -0.242. The van der Waals surface area contributed by atoms with Gasteiger partial charge in [0, 0.05) is 12.7 Å². The molecule has 1 amide bonds. The zero-order valence-electron chi connectivity index (χ0n) is 20.1. The molecule has 4 heterocycles. The molecule has 36 heavy (non-hydrogen) atoms. The van der Waals surface area contributed by atoms with Crippen LogP contribution in [0.3, 0.4) is 0 Å². The maximum atomic E-state index is 13.5. The number of aromatic nitrogens is 2. The van der Waals surface area contributed by atoms with E-state index in [0.717, 1.165) is 30.4 Å². The molecule has 0 unspecified atom stereocenters. The topological polar surface area (TPSA) is 85.2 Å². The van der Waals surface area contributed by atoms with Crippen LogP contribution in [0.4, 0.5) is 5.82 Å². The van der Waals surface area contributed by atoms with Crippen molar-refractivity contribution in [3.63, 3.8) is 0 Å². The second kappa shape index (κ2) is 10.3. The van der Waals surface area contributed by atoms with Crippen LogP contribution in [0.25, 0.3) is 11.7 Å². The number of rotatable bonds is 8. The summed E-state index contributed by atoms with van der Waals surface area (Å²) in [5, 5.41) is 3.32. The Morgan fingerprint density at radius 2 is 2.03 bits per heavy atom. The number of fused-ring (bicyclic) bond motifs is 2. The number of carbonyl (C=O) groups is 1. The maximum absolute atomic E-state index is 13.5. The third-order valence-corrected chi connectivity index (χ3v) is 7.46. The van der Waals surface area contributed by atoms with E-state index in [9.17, 15) is 9.59 Å². The number of carbonyl (C=O) groups excluding carboxylic acids is 1. The fourth-order valence-corrected chi connectivity index (χ4v) is 5.38. The predicted octanol–water partition coefficient (Wildman–Crippen LogP) is 4.74. The first-order chi connectivity index (χ1) is 17.5. The van der Waals surface area contributed by atoms with Crippen molar-refractivity contribution in [3.8, 4) is 11.5 Å². The van der Waals surface area contributed by atoms with Gasteiger partial charge in [-0.1, -0.05) is 55.9 Å². The summed E-state index contributed by atoms with van der Waals surface area (Å²) in [6, 6.07) is 9.30. The Morgan fingerprint density at radius 1 is 1.19 bits per heavy atom. The van der Waals surface area contributed by atoms with Gasteiger partial charge in [0.15, 0.2) is 11.5 Å². The van der Waals surface area contributed by atoms with Gasteiger partial charge in [-0.15, -0.1) is 0 Å². The summed E-state index contributed by atoms with van der Waals surface area (Å²) in [5.74, 6) is 1.57. The van der Waals surface area contributed by atoms with Crippen LogP contribution in [-0.2, 0) is 11.3 Å². The maximum Gasteiger partial charge on any atom is 0.267 e. The number of nitrogens with one attached hydrogen (secondary N) is 1. The van der Waals surface area contributed by atoms with Gasteiger partial charge in [0.2, 0.25) is 6.79 Å². The molecular weight excluding hydrogens is 496 g/mol. The van der Waals surface area contributed by atoms with E-state index in [0.29, 0.717) is 50.8 Å². The number of thiocarbonyl (C=S) groups is 1. The molecule has 2 aromatic heterocycles. The van der Waals surface area contributed by atoms with E-state index in [4.69, 9.17) is 26.7 Å². The zero-order valence-corrected chi connectivity index (χ0v) is 21.7. The SMILES string of the molecule is CCCCCNc1nc2c(C)cccn2c(=O)c1/C=C1/SC(=S)N(Cc2ccc3c(c2)OCO3)C1=O. The Labute approximate surface area is 218 Å². The van der Waals surface area contributed by atoms with Crippen molar-refractivity contribution in [1.29, 1.82) is 0 Å². The number of aryl methyl sites for hydroxylation is 1. The fourth-order valence-electron chi connectivity index (χ4n) is 4.15. The van der Waals surface area contributed by atoms with Crippen LogP contribution in [-0.4, -0.2) is 37.8 Å². The Balaban J connectivity index is 1.47. The lowest BCUT2D eigenvalue weighted by molar-refractivity contribution is -0.122. The van der Waals surface area contributed by atoms with Gasteiger partial charge in [-0.25, -0.2) is 4.98 Å². The van der Waals surface area contributed by atoms with Gasteiger partial charge in [-0.3, -0.25) is 18.9 Å². The molecule has 2 aliphatic rings. The molecule has 0 bridgehead atoms. The van der Waals surface area contributed by atoms with Crippen LogP contribution in [0.2, 0.25) is 0 Å². The molecule has 1 saturated heterocycles. The molecule has 1 fully saturated rings. The highest BCUT2D eigenvalue weighted by Crippen LogP contribution is 2.36. The number of benzene rings is 1. The average Bonchev–Trinajstić information content (AvgIpc) is 3.44. The van der Waals surface area contributed by atoms with Gasteiger partial charge in [0.05, 0.1) is 17.0 Å². The van der Waals surface area contributed by atoms with Crippen LogP contribution in [0, 0.1) is 6.92 Å². The number of thioether (sulfide) groups is 1. The Hall–Kier alpha value is -3.37. The van der Waals surface area contributed by atoms with Crippen molar-refractivity contribution in [3.05, 3.63) is 68.5 Å². The number of hydrogen-bond acceptors (Lipinski definition) is 8. The quantitative estimate of drug-likeness (QED) is 0.258. The molecule has 10 heteroatoms. The lowest BCUT2D eigenvalue weighted by Crippen LogP contribution is -2.27. The van der Waals surface area contributed by atoms with Crippen molar-refractivity contribution in [2.75, 3.05) is 18.7 Å². The molecule has 8 nitrogen and oxygen atoms in total. The molecule has 0 atom stereocenters. The van der Waals surface area contributed by atoms with E-state index in [-0.39, 0.29) is 18.3 Å². The van der Waals surface area contributed by atoms with Gasteiger partial charge in [0.25, 0.3) is 11.5 Å². The van der Waals surface area contributed by atoms with Crippen LogP contribution in [0.15, 0.2) is 46.2 Å². The number of ether oxygens (including phenoxy) is 2. The summed E-state index contributed by atoms with van der Waals surface area (Å²) >= 11 is 6.71. The Morgan fingerprint density at radius 3 is 2.86 bits per heavy atom. The molecule has 0 saturated carbocycles. The smallest absolute Gasteiger partial charge is 0.267 e. The Bertz CT molecular complexity index is 1450. The zero-order chi connectivity index (χ0) is 25.2. The summed E-state index contributed by atoms with van der Waals surface area (Å²) < 4.78 is 12.8. The lowest BCUT2D eigenvalue weighted by Gasteiger charge is -2.15. The van der Waals surface area contributed by atoms with Crippen molar-refractivity contribution in [1.82, 2.24) is 14.3 Å². The molecular formula is C26H26N4O4S2. The first-order valence-corrected chi connectivity index (χ1v) is 13.1. The first kappa shape index (κ1) is 24.3. The van der Waals surface area contributed by atoms with E-state index < -0.39 is 0 Å². The molecule has 1 N–H and O–H groups in total. The number of pyridine rings is 1. The normalized spacial score (nSPS) is 15.9. The minimum Gasteiger partial charge on any atom is -0.454 e. The van der Waals surface area contributed by atoms with Crippen LogP contribution in [0.1, 0.15) is 42.9 Å². The van der Waals surface area contributed by atoms with Crippen LogP contribution < -0.4 is 20.3 Å². The monoisotopic (exact) mass is 522 g/mol. The number of anilines is 1. The van der Waals surface area contributed by atoms with Gasteiger partial charge in [-0.05, 0) is 48.7 Å². The van der Waals surface area contributed by atoms with Gasteiger partial charge >= 0.3 is 0 Å². The number of unbranched alkanes of at least 4 members (excludes halogenated alkanes) is 2. The van der Waals surface area contributed by atoms with Crippen LogP contribution in [0.5, 0.6) is 11.5 Å². The molecule has 3 aromatic rings. The molecule has 0 aliphatic carbocycles. The third-order valence-electron chi connectivity index (χ3n) is 6.08. The van der Waals surface area contributed by atoms with Crippen molar-refractivity contribution in [2.24, 2.45) is 0 Å². The molecule has 186 valence electrons. The number of nitrogens with zero attached hydrogens (tertiary/aromatic N) is 3. The predicted molar refractivity (Wildman–Crippen MR) is 145 cm³/mol. The van der Waals surface area contributed by atoms with E-state index in [1.807, 2.05) is 37.3 Å². The minimum absolute atomic E-state index is 0.187. The van der Waals surface area contributed by atoms with Crippen molar-refractivity contribution >= 4 is 51.7 Å². The highest BCUT2D eigenvalue weighted by molar-refractivity contribution is 8.26. The van der Waals surface area contributed by atoms with Crippen molar-refractivity contribution in [2.45, 2.75) is 39.7 Å². The van der Waals surface area contributed by atoms with Crippen LogP contribution >= 0.6 is 24.0 Å². The molecule has 0 radical (unpaired) electrons.